The largest absolute Gasteiger partial charge is 0.332 e. The first-order valence-corrected chi connectivity index (χ1v) is 8.77. The van der Waals surface area contributed by atoms with Gasteiger partial charge in [0.2, 0.25) is 0 Å². The predicted octanol–water partition coefficient (Wildman–Crippen LogP) is 3.39. The molecule has 0 fully saturated rings. The molecule has 0 N–H and O–H groups in total. The van der Waals surface area contributed by atoms with Gasteiger partial charge in [-0.3, -0.25) is 4.79 Å². The van der Waals surface area contributed by atoms with E-state index in [-0.39, 0.29) is 23.6 Å². The highest BCUT2D eigenvalue weighted by Gasteiger charge is 2.24. The quantitative estimate of drug-likeness (QED) is 0.646. The van der Waals surface area contributed by atoms with Gasteiger partial charge in [-0.1, -0.05) is 6.92 Å². The Labute approximate surface area is 160 Å². The second kappa shape index (κ2) is 7.95. The number of hydrogen-bond acceptors (Lipinski definition) is 4. The van der Waals surface area contributed by atoms with Crippen LogP contribution in [0.4, 0.5) is 13.2 Å². The first-order valence-electron chi connectivity index (χ1n) is 8.77. The average Bonchev–Trinajstić information content (AvgIpc) is 3.09. The van der Waals surface area contributed by atoms with E-state index in [1.165, 1.54) is 29.9 Å². The Morgan fingerprint density at radius 2 is 1.96 bits per heavy atom. The number of amides is 1. The second-order valence-electron chi connectivity index (χ2n) is 6.76. The maximum atomic E-state index is 13.5. The van der Waals surface area contributed by atoms with Gasteiger partial charge in [-0.2, -0.15) is 10.1 Å². The number of fused-ring (bicyclic) bond motifs is 1. The molecule has 148 valence electrons. The smallest absolute Gasteiger partial charge is 0.255 e. The SMILES string of the molecule is Cc1cc(C(C)CN(CC(F)F)C(=O)c2ccc(F)c(C)c2)n2ncnc2n1. The summed E-state index contributed by atoms with van der Waals surface area (Å²) >= 11 is 0. The average molecular weight is 391 g/mol. The molecule has 1 amide bonds. The monoisotopic (exact) mass is 391 g/mol. The number of nitrogens with zero attached hydrogens (tertiary/aromatic N) is 5. The van der Waals surface area contributed by atoms with E-state index in [1.807, 2.05) is 6.92 Å². The highest BCUT2D eigenvalue weighted by Crippen LogP contribution is 2.20. The molecule has 2 aromatic heterocycles. The molecule has 0 bridgehead atoms. The lowest BCUT2D eigenvalue weighted by atomic mass is 10.0. The van der Waals surface area contributed by atoms with Crippen molar-refractivity contribution in [3.63, 3.8) is 0 Å². The van der Waals surface area contributed by atoms with E-state index >= 15 is 0 Å². The lowest BCUT2D eigenvalue weighted by molar-refractivity contribution is 0.0541. The van der Waals surface area contributed by atoms with Crippen LogP contribution < -0.4 is 0 Å². The van der Waals surface area contributed by atoms with E-state index in [4.69, 9.17) is 0 Å². The molecule has 0 saturated heterocycles. The van der Waals surface area contributed by atoms with E-state index in [2.05, 4.69) is 15.1 Å². The lowest BCUT2D eigenvalue weighted by Gasteiger charge is -2.26. The molecule has 9 heteroatoms. The summed E-state index contributed by atoms with van der Waals surface area (Å²) in [7, 11) is 0. The maximum absolute atomic E-state index is 13.5. The number of benzene rings is 1. The third-order valence-corrected chi connectivity index (χ3v) is 4.46. The Morgan fingerprint density at radius 1 is 1.21 bits per heavy atom. The predicted molar refractivity (Wildman–Crippen MR) is 97.0 cm³/mol. The summed E-state index contributed by atoms with van der Waals surface area (Å²) in [6.45, 7) is 4.46. The van der Waals surface area contributed by atoms with Crippen LogP contribution in [0.2, 0.25) is 0 Å². The Bertz CT molecular complexity index is 1000. The first-order chi connectivity index (χ1) is 13.3. The molecular formula is C19H20F3N5O. The minimum Gasteiger partial charge on any atom is -0.332 e. The summed E-state index contributed by atoms with van der Waals surface area (Å²) < 4.78 is 41.3. The number of alkyl halides is 2. The Kier molecular flexibility index (Phi) is 5.62. The highest BCUT2D eigenvalue weighted by atomic mass is 19.3. The Morgan fingerprint density at radius 3 is 2.64 bits per heavy atom. The Balaban J connectivity index is 1.90. The summed E-state index contributed by atoms with van der Waals surface area (Å²) in [5.74, 6) is -0.931. The van der Waals surface area contributed by atoms with Crippen LogP contribution in [0, 0.1) is 19.7 Å². The molecule has 1 unspecified atom stereocenters. The van der Waals surface area contributed by atoms with E-state index < -0.39 is 24.7 Å². The summed E-state index contributed by atoms with van der Waals surface area (Å²) in [6.07, 6.45) is -1.33. The number of aryl methyl sites for hydroxylation is 2. The van der Waals surface area contributed by atoms with E-state index in [1.54, 1.807) is 13.0 Å². The summed E-state index contributed by atoms with van der Waals surface area (Å²) in [4.78, 5) is 22.2. The van der Waals surface area contributed by atoms with Crippen LogP contribution >= 0.6 is 0 Å². The van der Waals surface area contributed by atoms with Gasteiger partial charge in [-0.15, -0.1) is 0 Å². The minimum atomic E-state index is -2.69. The first kappa shape index (κ1) is 19.8. The minimum absolute atomic E-state index is 0.0397. The molecule has 3 rings (SSSR count). The van der Waals surface area contributed by atoms with Crippen LogP contribution in [0.15, 0.2) is 30.6 Å². The second-order valence-corrected chi connectivity index (χ2v) is 6.76. The normalized spacial score (nSPS) is 12.5. The molecule has 0 aliphatic carbocycles. The van der Waals surface area contributed by atoms with Crippen LogP contribution in [0.1, 0.15) is 40.2 Å². The maximum Gasteiger partial charge on any atom is 0.255 e. The molecule has 1 atom stereocenters. The third-order valence-electron chi connectivity index (χ3n) is 4.46. The van der Waals surface area contributed by atoms with Gasteiger partial charge in [0.1, 0.15) is 12.1 Å². The zero-order valence-electron chi connectivity index (χ0n) is 15.7. The fourth-order valence-electron chi connectivity index (χ4n) is 3.10. The number of aromatic nitrogens is 4. The van der Waals surface area contributed by atoms with Crippen molar-refractivity contribution in [3.8, 4) is 0 Å². The molecule has 0 aliphatic rings. The standard InChI is InChI=1S/C19H20F3N5O/c1-11-6-14(4-5-15(11)20)18(28)26(9-17(21)22)8-12(2)16-7-13(3)25-19-23-10-24-27(16)19/h4-7,10,12,17H,8-9H2,1-3H3. The van der Waals surface area contributed by atoms with Crippen molar-refractivity contribution < 1.29 is 18.0 Å². The summed E-state index contributed by atoms with van der Waals surface area (Å²) in [6, 6.07) is 5.63. The van der Waals surface area contributed by atoms with Gasteiger partial charge in [0.25, 0.3) is 18.1 Å². The van der Waals surface area contributed by atoms with Crippen molar-refractivity contribution in [2.45, 2.75) is 33.1 Å². The van der Waals surface area contributed by atoms with E-state index in [9.17, 15) is 18.0 Å². The topological polar surface area (TPSA) is 63.4 Å². The van der Waals surface area contributed by atoms with Crippen molar-refractivity contribution in [1.82, 2.24) is 24.5 Å². The van der Waals surface area contributed by atoms with Gasteiger partial charge in [0.05, 0.1) is 12.2 Å². The highest BCUT2D eigenvalue weighted by molar-refractivity contribution is 5.94. The fourth-order valence-corrected chi connectivity index (χ4v) is 3.10. The van der Waals surface area contributed by atoms with Gasteiger partial charge in [0.15, 0.2) is 0 Å². The van der Waals surface area contributed by atoms with Gasteiger partial charge in [-0.25, -0.2) is 22.7 Å². The molecule has 0 radical (unpaired) electrons. The fraction of sp³-hybridized carbons (Fsp3) is 0.368. The van der Waals surface area contributed by atoms with Crippen LogP contribution in [-0.2, 0) is 0 Å². The van der Waals surface area contributed by atoms with Gasteiger partial charge < -0.3 is 4.90 Å². The van der Waals surface area contributed by atoms with Crippen LogP contribution in [0.3, 0.4) is 0 Å². The third kappa shape index (κ3) is 4.13. The number of rotatable bonds is 6. The number of carbonyl (C=O) groups excluding carboxylic acids is 1. The van der Waals surface area contributed by atoms with Crippen molar-refractivity contribution in [1.29, 1.82) is 0 Å². The molecule has 6 nitrogen and oxygen atoms in total. The van der Waals surface area contributed by atoms with Crippen molar-refractivity contribution in [2.24, 2.45) is 0 Å². The van der Waals surface area contributed by atoms with E-state index in [0.29, 0.717) is 17.2 Å². The van der Waals surface area contributed by atoms with Crippen molar-refractivity contribution in [2.75, 3.05) is 13.1 Å². The van der Waals surface area contributed by atoms with Crippen LogP contribution in [0.5, 0.6) is 0 Å². The van der Waals surface area contributed by atoms with Crippen molar-refractivity contribution in [3.05, 3.63) is 58.9 Å². The zero-order chi connectivity index (χ0) is 20.4. The Hall–Kier alpha value is -2.97. The molecule has 28 heavy (non-hydrogen) atoms. The summed E-state index contributed by atoms with van der Waals surface area (Å²) in [5.41, 5.74) is 1.87. The number of carbonyl (C=O) groups is 1. The van der Waals surface area contributed by atoms with Crippen LogP contribution in [-0.4, -0.2) is 49.9 Å². The molecule has 2 heterocycles. The zero-order valence-corrected chi connectivity index (χ0v) is 15.7. The van der Waals surface area contributed by atoms with E-state index in [0.717, 1.165) is 11.0 Å². The lowest BCUT2D eigenvalue weighted by Crippen LogP contribution is -2.38. The van der Waals surface area contributed by atoms with Gasteiger partial charge in [-0.05, 0) is 43.7 Å². The molecule has 0 spiro atoms. The molecule has 1 aromatic carbocycles. The van der Waals surface area contributed by atoms with Crippen LogP contribution in [0.25, 0.3) is 5.78 Å². The van der Waals surface area contributed by atoms with Gasteiger partial charge >= 0.3 is 0 Å². The molecule has 3 aromatic rings. The number of hydrogen-bond donors (Lipinski definition) is 0. The molecule has 0 aliphatic heterocycles. The molecular weight excluding hydrogens is 371 g/mol. The molecule has 0 saturated carbocycles. The van der Waals surface area contributed by atoms with Gasteiger partial charge in [0, 0.05) is 23.7 Å². The van der Waals surface area contributed by atoms with Crippen molar-refractivity contribution >= 4 is 11.7 Å². The summed E-state index contributed by atoms with van der Waals surface area (Å²) in [5, 5.41) is 4.12. The number of halogens is 3.